The molecule has 0 unspecified atom stereocenters. The zero-order valence-corrected chi connectivity index (χ0v) is 13.2. The van der Waals surface area contributed by atoms with E-state index in [0.29, 0.717) is 46.9 Å². The Kier molecular flexibility index (Phi) is 3.81. The second-order valence-electron chi connectivity index (χ2n) is 5.63. The molecule has 0 saturated heterocycles. The molecule has 0 saturated carbocycles. The number of hydrogen-bond donors (Lipinski definition) is 2. The first-order chi connectivity index (χ1) is 12.2. The van der Waals surface area contributed by atoms with Crippen LogP contribution in [0.1, 0.15) is 16.8 Å². The van der Waals surface area contributed by atoms with Gasteiger partial charge in [0.25, 0.3) is 11.5 Å². The van der Waals surface area contributed by atoms with Crippen LogP contribution in [-0.2, 0) is 0 Å². The highest BCUT2D eigenvalue weighted by Crippen LogP contribution is 2.30. The van der Waals surface area contributed by atoms with Crippen LogP contribution in [0.25, 0.3) is 10.9 Å². The third-order valence-corrected chi connectivity index (χ3v) is 3.91. The minimum Gasteiger partial charge on any atom is -0.490 e. The molecule has 4 rings (SSSR count). The van der Waals surface area contributed by atoms with Crippen LogP contribution >= 0.6 is 0 Å². The lowest BCUT2D eigenvalue weighted by molar-refractivity contribution is 0.102. The van der Waals surface area contributed by atoms with Crippen molar-refractivity contribution in [3.63, 3.8) is 0 Å². The van der Waals surface area contributed by atoms with E-state index in [0.717, 1.165) is 6.42 Å². The van der Waals surface area contributed by atoms with Crippen LogP contribution in [0.3, 0.4) is 0 Å². The van der Waals surface area contributed by atoms with Crippen molar-refractivity contribution in [2.75, 3.05) is 18.5 Å². The van der Waals surface area contributed by atoms with Crippen molar-refractivity contribution < 1.29 is 14.3 Å². The molecule has 0 bridgehead atoms. The summed E-state index contributed by atoms with van der Waals surface area (Å²) < 4.78 is 11.2. The predicted octanol–water partition coefficient (Wildman–Crippen LogP) is 2.34. The molecule has 126 valence electrons. The highest BCUT2D eigenvalue weighted by Gasteiger charge is 2.14. The average molecular weight is 337 g/mol. The molecule has 2 aromatic carbocycles. The molecule has 1 aromatic heterocycles. The Labute approximate surface area is 142 Å². The summed E-state index contributed by atoms with van der Waals surface area (Å²) in [5, 5.41) is 3.20. The van der Waals surface area contributed by atoms with E-state index in [-0.39, 0.29) is 11.5 Å². The molecule has 0 fully saturated rings. The smallest absolute Gasteiger partial charge is 0.258 e. The number of aromatic amines is 1. The summed E-state index contributed by atoms with van der Waals surface area (Å²) in [4.78, 5) is 30.9. The van der Waals surface area contributed by atoms with Gasteiger partial charge in [-0.25, -0.2) is 4.98 Å². The standard InChI is InChI=1S/C18H15N3O4/c22-17(11-2-5-15-16(8-11)25-7-1-6-24-15)21-12-3-4-14-13(9-12)18(23)20-10-19-14/h2-5,8-10H,1,6-7H2,(H,21,22)(H,19,20,23). The van der Waals surface area contributed by atoms with Crippen LogP contribution in [0.4, 0.5) is 5.69 Å². The first-order valence-corrected chi connectivity index (χ1v) is 7.89. The summed E-state index contributed by atoms with van der Waals surface area (Å²) in [6.45, 7) is 1.15. The number of fused-ring (bicyclic) bond motifs is 2. The molecule has 0 spiro atoms. The summed E-state index contributed by atoms with van der Waals surface area (Å²) in [6.07, 6.45) is 2.15. The van der Waals surface area contributed by atoms with Gasteiger partial charge in [0.1, 0.15) is 0 Å². The molecular formula is C18H15N3O4. The zero-order valence-electron chi connectivity index (χ0n) is 13.2. The van der Waals surface area contributed by atoms with E-state index < -0.39 is 0 Å². The summed E-state index contributed by atoms with van der Waals surface area (Å²) in [7, 11) is 0. The SMILES string of the molecule is O=C(Nc1ccc2nc[nH]c(=O)c2c1)c1ccc2c(c1)OCCCO2. The van der Waals surface area contributed by atoms with Gasteiger partial charge in [-0.05, 0) is 36.4 Å². The van der Waals surface area contributed by atoms with E-state index in [1.807, 2.05) is 0 Å². The Hall–Kier alpha value is -3.35. The van der Waals surface area contributed by atoms with Gasteiger partial charge in [0, 0.05) is 17.7 Å². The molecule has 3 aromatic rings. The summed E-state index contributed by atoms with van der Waals surface area (Å²) >= 11 is 0. The highest BCUT2D eigenvalue weighted by atomic mass is 16.5. The van der Waals surface area contributed by atoms with Crippen molar-refractivity contribution in [1.29, 1.82) is 0 Å². The molecule has 2 heterocycles. The van der Waals surface area contributed by atoms with Gasteiger partial charge < -0.3 is 19.8 Å². The van der Waals surface area contributed by atoms with Crippen molar-refractivity contribution in [1.82, 2.24) is 9.97 Å². The van der Waals surface area contributed by atoms with Crippen LogP contribution < -0.4 is 20.3 Å². The molecule has 1 aliphatic heterocycles. The number of anilines is 1. The van der Waals surface area contributed by atoms with Crippen LogP contribution in [-0.4, -0.2) is 29.1 Å². The van der Waals surface area contributed by atoms with Crippen LogP contribution in [0.2, 0.25) is 0 Å². The minimum atomic E-state index is -0.296. The first kappa shape index (κ1) is 15.2. The quantitative estimate of drug-likeness (QED) is 0.749. The number of amides is 1. The normalized spacial score (nSPS) is 13.3. The maximum Gasteiger partial charge on any atom is 0.258 e. The number of carbonyl (C=O) groups excluding carboxylic acids is 1. The van der Waals surface area contributed by atoms with Crippen molar-refractivity contribution in [2.45, 2.75) is 6.42 Å². The number of hydrogen-bond acceptors (Lipinski definition) is 5. The number of aromatic nitrogens is 2. The van der Waals surface area contributed by atoms with E-state index in [2.05, 4.69) is 15.3 Å². The maximum absolute atomic E-state index is 12.5. The van der Waals surface area contributed by atoms with Crippen LogP contribution in [0.15, 0.2) is 47.5 Å². The Bertz CT molecular complexity index is 1010. The van der Waals surface area contributed by atoms with Crippen molar-refractivity contribution in [3.05, 3.63) is 58.6 Å². The molecule has 0 atom stereocenters. The number of nitrogens with one attached hydrogen (secondary N) is 2. The van der Waals surface area contributed by atoms with Gasteiger partial charge in [0.15, 0.2) is 11.5 Å². The number of rotatable bonds is 2. The van der Waals surface area contributed by atoms with Gasteiger partial charge in [-0.15, -0.1) is 0 Å². The molecule has 0 aliphatic carbocycles. The second kappa shape index (κ2) is 6.27. The number of carbonyl (C=O) groups is 1. The van der Waals surface area contributed by atoms with E-state index in [1.54, 1.807) is 36.4 Å². The number of nitrogens with zero attached hydrogens (tertiary/aromatic N) is 1. The molecular weight excluding hydrogens is 322 g/mol. The third-order valence-electron chi connectivity index (χ3n) is 3.91. The van der Waals surface area contributed by atoms with Gasteiger partial charge in [0.05, 0.1) is 30.4 Å². The number of benzene rings is 2. The van der Waals surface area contributed by atoms with Gasteiger partial charge in [-0.2, -0.15) is 0 Å². The van der Waals surface area contributed by atoms with Gasteiger partial charge in [0.2, 0.25) is 0 Å². The van der Waals surface area contributed by atoms with E-state index in [4.69, 9.17) is 9.47 Å². The highest BCUT2D eigenvalue weighted by molar-refractivity contribution is 6.05. The Morgan fingerprint density at radius 1 is 1.08 bits per heavy atom. The molecule has 2 N–H and O–H groups in total. The molecule has 1 amide bonds. The van der Waals surface area contributed by atoms with E-state index >= 15 is 0 Å². The summed E-state index contributed by atoms with van der Waals surface area (Å²) in [6, 6.07) is 10.1. The second-order valence-corrected chi connectivity index (χ2v) is 5.63. The lowest BCUT2D eigenvalue weighted by Crippen LogP contribution is -2.13. The summed E-state index contributed by atoms with van der Waals surface area (Å²) in [5.41, 5.74) is 1.28. The van der Waals surface area contributed by atoms with Gasteiger partial charge >= 0.3 is 0 Å². The monoisotopic (exact) mass is 337 g/mol. The molecule has 1 aliphatic rings. The van der Waals surface area contributed by atoms with Crippen molar-refractivity contribution in [2.24, 2.45) is 0 Å². The zero-order chi connectivity index (χ0) is 17.2. The molecule has 25 heavy (non-hydrogen) atoms. The Morgan fingerprint density at radius 3 is 2.80 bits per heavy atom. The fraction of sp³-hybridized carbons (Fsp3) is 0.167. The van der Waals surface area contributed by atoms with Gasteiger partial charge in [-0.1, -0.05) is 0 Å². The Balaban J connectivity index is 1.61. The fourth-order valence-electron chi connectivity index (χ4n) is 2.65. The van der Waals surface area contributed by atoms with E-state index in [9.17, 15) is 9.59 Å². The molecule has 7 nitrogen and oxygen atoms in total. The molecule has 7 heteroatoms. The number of ether oxygens (including phenoxy) is 2. The van der Waals surface area contributed by atoms with Crippen molar-refractivity contribution >= 4 is 22.5 Å². The van der Waals surface area contributed by atoms with E-state index in [1.165, 1.54) is 6.33 Å². The van der Waals surface area contributed by atoms with Crippen molar-refractivity contribution in [3.8, 4) is 11.5 Å². The third kappa shape index (κ3) is 3.03. The fourth-order valence-corrected chi connectivity index (χ4v) is 2.65. The summed E-state index contributed by atoms with van der Waals surface area (Å²) in [5.74, 6) is 0.900. The maximum atomic E-state index is 12.5. The predicted molar refractivity (Wildman–Crippen MR) is 92.4 cm³/mol. The van der Waals surface area contributed by atoms with Crippen LogP contribution in [0.5, 0.6) is 11.5 Å². The number of H-pyrrole nitrogens is 1. The average Bonchev–Trinajstić information content (AvgIpc) is 2.87. The van der Waals surface area contributed by atoms with Crippen LogP contribution in [0, 0.1) is 0 Å². The minimum absolute atomic E-state index is 0.253. The largest absolute Gasteiger partial charge is 0.490 e. The topological polar surface area (TPSA) is 93.3 Å². The lowest BCUT2D eigenvalue weighted by Gasteiger charge is -2.10. The lowest BCUT2D eigenvalue weighted by atomic mass is 10.1. The first-order valence-electron chi connectivity index (χ1n) is 7.89. The molecule has 0 radical (unpaired) electrons. The Morgan fingerprint density at radius 2 is 1.92 bits per heavy atom. The van der Waals surface area contributed by atoms with Gasteiger partial charge in [-0.3, -0.25) is 9.59 Å².